The van der Waals surface area contributed by atoms with Crippen LogP contribution in [-0.4, -0.2) is 6.54 Å². The van der Waals surface area contributed by atoms with Gasteiger partial charge in [-0.15, -0.1) is 0 Å². The molecule has 1 aliphatic heterocycles. The minimum Gasteiger partial charge on any atom is -0.488 e. The zero-order valence-electron chi connectivity index (χ0n) is 10.7. The number of nitrogens with one attached hydrogen (secondary N) is 1. The predicted octanol–water partition coefficient (Wildman–Crippen LogP) is 4.39. The number of aryl methyl sites for hydroxylation is 1. The van der Waals surface area contributed by atoms with Gasteiger partial charge in [0.2, 0.25) is 0 Å². The van der Waals surface area contributed by atoms with E-state index in [0.29, 0.717) is 6.61 Å². The first kappa shape index (κ1) is 12.5. The molecule has 0 atom stereocenters. The van der Waals surface area contributed by atoms with Crippen molar-refractivity contribution in [2.24, 2.45) is 0 Å². The summed E-state index contributed by atoms with van der Waals surface area (Å²) < 4.78 is 6.83. The lowest BCUT2D eigenvalue weighted by Crippen LogP contribution is -2.12. The van der Waals surface area contributed by atoms with Crippen molar-refractivity contribution in [2.45, 2.75) is 19.4 Å². The number of fused-ring (bicyclic) bond motifs is 1. The van der Waals surface area contributed by atoms with Gasteiger partial charge in [0, 0.05) is 12.2 Å². The number of hydrogen-bond acceptors (Lipinski definition) is 2. The number of hydrogen-bond donors (Lipinski definition) is 1. The molecule has 0 aliphatic carbocycles. The molecule has 19 heavy (non-hydrogen) atoms. The lowest BCUT2D eigenvalue weighted by Gasteiger charge is -2.19. The maximum atomic E-state index is 5.84. The Morgan fingerprint density at radius 3 is 2.95 bits per heavy atom. The van der Waals surface area contributed by atoms with Crippen LogP contribution in [-0.2, 0) is 13.0 Å². The topological polar surface area (TPSA) is 21.3 Å². The quantitative estimate of drug-likeness (QED) is 0.906. The van der Waals surface area contributed by atoms with Crippen molar-refractivity contribution >= 4 is 21.6 Å². The van der Waals surface area contributed by atoms with Gasteiger partial charge in [-0.1, -0.05) is 24.3 Å². The van der Waals surface area contributed by atoms with E-state index >= 15 is 0 Å². The van der Waals surface area contributed by atoms with Crippen molar-refractivity contribution in [2.75, 3.05) is 11.9 Å². The number of halogens is 1. The molecule has 0 saturated carbocycles. The van der Waals surface area contributed by atoms with Crippen molar-refractivity contribution in [3.63, 3.8) is 0 Å². The summed E-state index contributed by atoms with van der Waals surface area (Å²) in [7, 11) is 0. The third kappa shape index (κ3) is 2.92. The summed E-state index contributed by atoms with van der Waals surface area (Å²) in [6.07, 6.45) is 2.40. The first-order valence-corrected chi connectivity index (χ1v) is 7.35. The molecule has 0 unspecified atom stereocenters. The molecule has 0 fully saturated rings. The minimum atomic E-state index is 0.595. The monoisotopic (exact) mass is 317 g/mol. The molecule has 1 N–H and O–H groups in total. The molecule has 1 aliphatic rings. The molecule has 0 amide bonds. The highest BCUT2D eigenvalue weighted by molar-refractivity contribution is 9.10. The molecule has 1 heterocycles. The Balaban J connectivity index is 1.72. The van der Waals surface area contributed by atoms with Crippen molar-refractivity contribution in [1.82, 2.24) is 0 Å². The molecular formula is C16H16BrNO. The summed E-state index contributed by atoms with van der Waals surface area (Å²) in [5.74, 6) is 0.883. The molecule has 0 radical (unpaired) electrons. The summed E-state index contributed by atoms with van der Waals surface area (Å²) in [5.41, 5.74) is 3.87. The molecule has 2 nitrogen and oxygen atoms in total. The van der Waals surface area contributed by atoms with Crippen LogP contribution in [0.3, 0.4) is 0 Å². The van der Waals surface area contributed by atoms with E-state index in [1.807, 2.05) is 24.3 Å². The predicted molar refractivity (Wildman–Crippen MR) is 81.7 cm³/mol. The van der Waals surface area contributed by atoms with E-state index in [1.54, 1.807) is 0 Å². The summed E-state index contributed by atoms with van der Waals surface area (Å²) >= 11 is 3.49. The SMILES string of the molecule is Brc1ccccc1OCc1ccc2c(c1)NCCC2. The van der Waals surface area contributed by atoms with Crippen LogP contribution >= 0.6 is 15.9 Å². The number of rotatable bonds is 3. The van der Waals surface area contributed by atoms with E-state index < -0.39 is 0 Å². The number of para-hydroxylation sites is 1. The first-order valence-electron chi connectivity index (χ1n) is 6.56. The van der Waals surface area contributed by atoms with Crippen molar-refractivity contribution in [3.05, 3.63) is 58.1 Å². The summed E-state index contributed by atoms with van der Waals surface area (Å²) in [6, 6.07) is 14.5. The van der Waals surface area contributed by atoms with E-state index in [4.69, 9.17) is 4.74 Å². The van der Waals surface area contributed by atoms with Crippen molar-refractivity contribution in [1.29, 1.82) is 0 Å². The molecule has 2 aromatic carbocycles. The summed E-state index contributed by atoms with van der Waals surface area (Å²) in [4.78, 5) is 0. The van der Waals surface area contributed by atoms with E-state index in [-0.39, 0.29) is 0 Å². The van der Waals surface area contributed by atoms with Gasteiger partial charge in [-0.2, -0.15) is 0 Å². The van der Waals surface area contributed by atoms with Gasteiger partial charge in [-0.05, 0) is 58.1 Å². The second-order valence-electron chi connectivity index (χ2n) is 4.74. The smallest absolute Gasteiger partial charge is 0.133 e. The van der Waals surface area contributed by atoms with Crippen LogP contribution in [0.2, 0.25) is 0 Å². The number of anilines is 1. The van der Waals surface area contributed by atoms with Gasteiger partial charge >= 0.3 is 0 Å². The molecule has 0 saturated heterocycles. The Bertz CT molecular complexity index is 583. The van der Waals surface area contributed by atoms with Gasteiger partial charge in [0.05, 0.1) is 4.47 Å². The normalized spacial score (nSPS) is 13.5. The molecule has 0 aromatic heterocycles. The molecule has 0 spiro atoms. The van der Waals surface area contributed by atoms with E-state index in [9.17, 15) is 0 Å². The van der Waals surface area contributed by atoms with E-state index in [0.717, 1.165) is 16.8 Å². The fourth-order valence-corrected chi connectivity index (χ4v) is 2.72. The minimum absolute atomic E-state index is 0.595. The Labute approximate surface area is 121 Å². The number of benzene rings is 2. The van der Waals surface area contributed by atoms with Crippen LogP contribution < -0.4 is 10.1 Å². The van der Waals surface area contributed by atoms with Crippen molar-refractivity contribution < 1.29 is 4.74 Å². The highest BCUT2D eigenvalue weighted by Crippen LogP contribution is 2.26. The lowest BCUT2D eigenvalue weighted by atomic mass is 10.0. The molecule has 98 valence electrons. The van der Waals surface area contributed by atoms with Crippen LogP contribution in [0, 0.1) is 0 Å². The Morgan fingerprint density at radius 1 is 1.16 bits per heavy atom. The van der Waals surface area contributed by atoms with Gasteiger partial charge in [-0.25, -0.2) is 0 Å². The molecular weight excluding hydrogens is 302 g/mol. The van der Waals surface area contributed by atoms with Gasteiger partial charge in [0.15, 0.2) is 0 Å². The fourth-order valence-electron chi connectivity index (χ4n) is 2.32. The van der Waals surface area contributed by atoms with Crippen LogP contribution in [0.25, 0.3) is 0 Å². The number of ether oxygens (including phenoxy) is 1. The second kappa shape index (κ2) is 5.66. The highest BCUT2D eigenvalue weighted by Gasteiger charge is 2.09. The van der Waals surface area contributed by atoms with Crippen molar-refractivity contribution in [3.8, 4) is 5.75 Å². The highest BCUT2D eigenvalue weighted by atomic mass is 79.9. The molecule has 3 heteroatoms. The van der Waals surface area contributed by atoms with Gasteiger partial charge in [0.25, 0.3) is 0 Å². The van der Waals surface area contributed by atoms with Gasteiger partial charge < -0.3 is 10.1 Å². The Hall–Kier alpha value is -1.48. The maximum absolute atomic E-state index is 5.84. The van der Waals surface area contributed by atoms with E-state index in [1.165, 1.54) is 29.7 Å². The summed E-state index contributed by atoms with van der Waals surface area (Å²) in [6.45, 7) is 1.67. The first-order chi connectivity index (χ1) is 9.33. The molecule has 3 rings (SSSR count). The lowest BCUT2D eigenvalue weighted by molar-refractivity contribution is 0.304. The van der Waals surface area contributed by atoms with Crippen LogP contribution in [0.15, 0.2) is 46.9 Å². The average molecular weight is 318 g/mol. The summed E-state index contributed by atoms with van der Waals surface area (Å²) in [5, 5.41) is 3.45. The van der Waals surface area contributed by atoms with Gasteiger partial charge in [0.1, 0.15) is 12.4 Å². The third-order valence-corrected chi connectivity index (χ3v) is 4.00. The van der Waals surface area contributed by atoms with Gasteiger partial charge in [-0.3, -0.25) is 0 Å². The standard InChI is InChI=1S/C16H16BrNO/c17-14-5-1-2-6-16(14)19-11-12-7-8-13-4-3-9-18-15(13)10-12/h1-2,5-8,10,18H,3-4,9,11H2. The molecule has 2 aromatic rings. The maximum Gasteiger partial charge on any atom is 0.133 e. The fraction of sp³-hybridized carbons (Fsp3) is 0.250. The average Bonchev–Trinajstić information content (AvgIpc) is 2.46. The van der Waals surface area contributed by atoms with E-state index in [2.05, 4.69) is 39.4 Å². The molecule has 0 bridgehead atoms. The zero-order chi connectivity index (χ0) is 13.1. The zero-order valence-corrected chi connectivity index (χ0v) is 12.2. The Morgan fingerprint density at radius 2 is 2.05 bits per heavy atom. The largest absolute Gasteiger partial charge is 0.488 e. The van der Waals surface area contributed by atoms with Crippen LogP contribution in [0.5, 0.6) is 5.75 Å². The third-order valence-electron chi connectivity index (χ3n) is 3.34. The van der Waals surface area contributed by atoms with Crippen LogP contribution in [0.1, 0.15) is 17.5 Å². The second-order valence-corrected chi connectivity index (χ2v) is 5.60. The Kier molecular flexibility index (Phi) is 3.74. The van der Waals surface area contributed by atoms with Crippen LogP contribution in [0.4, 0.5) is 5.69 Å².